The number of carbonyl (C=O) groups excluding carboxylic acids is 1. The molecule has 0 aliphatic heterocycles. The maximum atomic E-state index is 12.8. The predicted molar refractivity (Wildman–Crippen MR) is 105 cm³/mol. The van der Waals surface area contributed by atoms with Gasteiger partial charge >= 0.3 is 0 Å². The number of rotatable bonds is 6. The minimum atomic E-state index is 0.0328. The summed E-state index contributed by atoms with van der Waals surface area (Å²) in [5, 5.41) is 0.679. The van der Waals surface area contributed by atoms with Crippen molar-refractivity contribution in [1.29, 1.82) is 0 Å². The van der Waals surface area contributed by atoms with Gasteiger partial charge in [0.2, 0.25) is 5.91 Å². The van der Waals surface area contributed by atoms with E-state index >= 15 is 0 Å². The molecule has 0 bridgehead atoms. The van der Waals surface area contributed by atoms with Gasteiger partial charge in [0.25, 0.3) is 0 Å². The van der Waals surface area contributed by atoms with Crippen molar-refractivity contribution >= 4 is 40.3 Å². The Kier molecular flexibility index (Phi) is 5.66. The van der Waals surface area contributed by atoms with Crippen molar-refractivity contribution in [2.45, 2.75) is 18.8 Å². The van der Waals surface area contributed by atoms with E-state index in [-0.39, 0.29) is 12.5 Å². The largest absolute Gasteiger partial charge is 0.340 e. The van der Waals surface area contributed by atoms with E-state index in [4.69, 9.17) is 11.6 Å². The molecule has 0 aliphatic rings. The van der Waals surface area contributed by atoms with Gasteiger partial charge in [-0.05, 0) is 30.0 Å². The number of para-hydroxylation sites is 2. The van der Waals surface area contributed by atoms with E-state index < -0.39 is 0 Å². The lowest BCUT2D eigenvalue weighted by Gasteiger charge is -2.19. The summed E-state index contributed by atoms with van der Waals surface area (Å²) in [6, 6.07) is 15.5. The van der Waals surface area contributed by atoms with E-state index in [1.54, 1.807) is 23.7 Å². The molecule has 0 saturated heterocycles. The fourth-order valence-corrected chi connectivity index (χ4v) is 3.44. The van der Waals surface area contributed by atoms with Crippen molar-refractivity contribution in [1.82, 2.24) is 14.5 Å². The average molecular weight is 374 g/mol. The number of aromatic nitrogens is 2. The Morgan fingerprint density at radius 2 is 1.92 bits per heavy atom. The topological polar surface area (TPSA) is 38.1 Å². The molecule has 3 rings (SSSR count). The number of halogens is 1. The van der Waals surface area contributed by atoms with E-state index in [9.17, 15) is 4.79 Å². The molecule has 0 aliphatic carbocycles. The summed E-state index contributed by atoms with van der Waals surface area (Å²) >= 11 is 7.90. The number of amides is 1. The molecular formula is C19H20ClN3OS. The molecule has 1 heterocycles. The van der Waals surface area contributed by atoms with E-state index in [0.29, 0.717) is 11.6 Å². The second-order valence-electron chi connectivity index (χ2n) is 5.88. The molecule has 25 heavy (non-hydrogen) atoms. The summed E-state index contributed by atoms with van der Waals surface area (Å²) in [4.78, 5) is 19.1. The molecule has 3 aromatic rings. The first-order valence-corrected chi connectivity index (χ1v) is 9.77. The van der Waals surface area contributed by atoms with E-state index in [1.165, 1.54) is 0 Å². The van der Waals surface area contributed by atoms with Gasteiger partial charge in [-0.25, -0.2) is 4.98 Å². The Morgan fingerprint density at radius 3 is 2.68 bits per heavy atom. The fraction of sp³-hybridized carbons (Fsp3) is 0.263. The second-order valence-corrected chi connectivity index (χ2v) is 7.15. The van der Waals surface area contributed by atoms with Crippen LogP contribution in [0.5, 0.6) is 0 Å². The van der Waals surface area contributed by atoms with Crippen LogP contribution in [0.3, 0.4) is 0 Å². The quantitative estimate of drug-likeness (QED) is 0.649. The third-order valence-corrected chi connectivity index (χ3v) is 5.01. The third-order valence-electron chi connectivity index (χ3n) is 4.09. The van der Waals surface area contributed by atoms with Crippen molar-refractivity contribution in [3.63, 3.8) is 0 Å². The van der Waals surface area contributed by atoms with Gasteiger partial charge in [0.1, 0.15) is 12.4 Å². The van der Waals surface area contributed by atoms with Crippen molar-refractivity contribution in [2.75, 3.05) is 13.3 Å². The van der Waals surface area contributed by atoms with Crippen LogP contribution < -0.4 is 0 Å². The number of carbonyl (C=O) groups is 1. The van der Waals surface area contributed by atoms with Gasteiger partial charge in [-0.2, -0.15) is 11.8 Å². The highest BCUT2D eigenvalue weighted by Crippen LogP contribution is 2.20. The second kappa shape index (κ2) is 7.93. The number of imidazole rings is 1. The van der Waals surface area contributed by atoms with Gasteiger partial charge in [-0.1, -0.05) is 41.9 Å². The van der Waals surface area contributed by atoms with Crippen molar-refractivity contribution < 1.29 is 4.79 Å². The molecule has 1 aromatic heterocycles. The summed E-state index contributed by atoms with van der Waals surface area (Å²) in [5.74, 6) is 1.73. The SMILES string of the molecule is CSCc1nc2ccccc2n1CC(=O)N(C)Cc1ccccc1Cl. The molecule has 1 amide bonds. The fourth-order valence-electron chi connectivity index (χ4n) is 2.77. The zero-order valence-electron chi connectivity index (χ0n) is 14.3. The number of fused-ring (bicyclic) bond motifs is 1. The van der Waals surface area contributed by atoms with Gasteiger partial charge in [0, 0.05) is 18.6 Å². The first-order valence-electron chi connectivity index (χ1n) is 8.00. The lowest BCUT2D eigenvalue weighted by molar-refractivity contribution is -0.131. The number of thioether (sulfide) groups is 1. The predicted octanol–water partition coefficient (Wildman–Crippen LogP) is 4.21. The van der Waals surface area contributed by atoms with Crippen LogP contribution >= 0.6 is 23.4 Å². The molecule has 0 unspecified atom stereocenters. The third kappa shape index (κ3) is 3.99. The van der Waals surface area contributed by atoms with Crippen LogP contribution in [0, 0.1) is 0 Å². The van der Waals surface area contributed by atoms with Crippen LogP contribution in [-0.4, -0.2) is 33.7 Å². The van der Waals surface area contributed by atoms with Crippen LogP contribution in [0.15, 0.2) is 48.5 Å². The maximum Gasteiger partial charge on any atom is 0.242 e. The number of hydrogen-bond acceptors (Lipinski definition) is 3. The smallest absolute Gasteiger partial charge is 0.242 e. The lowest BCUT2D eigenvalue weighted by atomic mass is 10.2. The molecule has 0 N–H and O–H groups in total. The summed E-state index contributed by atoms with van der Waals surface area (Å²) in [6.45, 7) is 0.764. The van der Waals surface area contributed by atoms with Crippen LogP contribution in [0.4, 0.5) is 0 Å². The molecule has 2 aromatic carbocycles. The Labute approximate surface area is 156 Å². The Hall–Kier alpha value is -1.98. The number of hydrogen-bond donors (Lipinski definition) is 0. The van der Waals surface area contributed by atoms with Crippen molar-refractivity contribution in [3.05, 3.63) is 64.9 Å². The molecule has 0 fully saturated rings. The minimum Gasteiger partial charge on any atom is -0.340 e. The van der Waals surface area contributed by atoms with Crippen LogP contribution in [0.2, 0.25) is 5.02 Å². The van der Waals surface area contributed by atoms with Crippen LogP contribution in [-0.2, 0) is 23.6 Å². The normalized spacial score (nSPS) is 11.0. The zero-order chi connectivity index (χ0) is 17.8. The van der Waals surface area contributed by atoms with Crippen LogP contribution in [0.1, 0.15) is 11.4 Å². The highest BCUT2D eigenvalue weighted by molar-refractivity contribution is 7.97. The molecule has 0 radical (unpaired) electrons. The van der Waals surface area contributed by atoms with Crippen molar-refractivity contribution in [2.24, 2.45) is 0 Å². The summed E-state index contributed by atoms with van der Waals surface area (Å²) < 4.78 is 2.01. The van der Waals surface area contributed by atoms with E-state index in [1.807, 2.05) is 59.4 Å². The summed E-state index contributed by atoms with van der Waals surface area (Å²) in [6.07, 6.45) is 2.04. The highest BCUT2D eigenvalue weighted by Gasteiger charge is 2.16. The van der Waals surface area contributed by atoms with Gasteiger partial charge in [-0.3, -0.25) is 4.79 Å². The molecule has 6 heteroatoms. The van der Waals surface area contributed by atoms with E-state index in [2.05, 4.69) is 4.98 Å². The first-order chi connectivity index (χ1) is 12.1. The van der Waals surface area contributed by atoms with Crippen molar-refractivity contribution in [3.8, 4) is 0 Å². The molecule has 0 saturated carbocycles. The summed E-state index contributed by atoms with van der Waals surface area (Å²) in [7, 11) is 1.80. The molecule has 0 atom stereocenters. The molecule has 0 spiro atoms. The molecule has 4 nitrogen and oxygen atoms in total. The number of benzene rings is 2. The van der Waals surface area contributed by atoms with Crippen LogP contribution in [0.25, 0.3) is 11.0 Å². The Bertz CT molecular complexity index is 893. The van der Waals surface area contributed by atoms with Gasteiger partial charge in [-0.15, -0.1) is 0 Å². The first kappa shape index (κ1) is 17.8. The lowest BCUT2D eigenvalue weighted by Crippen LogP contribution is -2.30. The Morgan fingerprint density at radius 1 is 1.20 bits per heavy atom. The van der Waals surface area contributed by atoms with Gasteiger partial charge in [0.15, 0.2) is 0 Å². The number of likely N-dealkylation sites (N-methyl/N-ethyl adjacent to an activating group) is 1. The zero-order valence-corrected chi connectivity index (χ0v) is 15.8. The summed E-state index contributed by atoms with van der Waals surface area (Å²) in [5.41, 5.74) is 2.86. The highest BCUT2D eigenvalue weighted by atomic mass is 35.5. The van der Waals surface area contributed by atoms with Gasteiger partial charge in [0.05, 0.1) is 16.8 Å². The van der Waals surface area contributed by atoms with Gasteiger partial charge < -0.3 is 9.47 Å². The minimum absolute atomic E-state index is 0.0328. The standard InChI is InChI=1S/C19H20ClN3OS/c1-22(11-14-7-3-4-8-15(14)20)19(24)12-23-17-10-6-5-9-16(17)21-18(23)13-25-2/h3-10H,11-13H2,1-2H3. The molecule has 130 valence electrons. The monoisotopic (exact) mass is 373 g/mol. The Balaban J connectivity index is 1.81. The van der Waals surface area contributed by atoms with E-state index in [0.717, 1.165) is 28.2 Å². The maximum absolute atomic E-state index is 12.8. The average Bonchev–Trinajstić information content (AvgIpc) is 2.95. The number of nitrogens with zero attached hydrogens (tertiary/aromatic N) is 3. The molecular weight excluding hydrogens is 354 g/mol.